The van der Waals surface area contributed by atoms with E-state index in [0.29, 0.717) is 13.1 Å². The highest BCUT2D eigenvalue weighted by Gasteiger charge is 2.23. The third-order valence-electron chi connectivity index (χ3n) is 3.82. The molecule has 0 bridgehead atoms. The number of aromatic nitrogens is 1. The number of carbonyl (C=O) groups is 1. The van der Waals surface area contributed by atoms with E-state index in [0.717, 1.165) is 19.4 Å². The van der Waals surface area contributed by atoms with E-state index in [1.807, 2.05) is 4.90 Å². The lowest BCUT2D eigenvalue weighted by Crippen LogP contribution is -3.00. The number of likely N-dealkylation sites (tertiary alicyclic amines) is 1. The molecule has 0 radical (unpaired) electrons. The average molecular weight is 291 g/mol. The summed E-state index contributed by atoms with van der Waals surface area (Å²) in [4.78, 5) is 13.6. The van der Waals surface area contributed by atoms with Crippen molar-refractivity contribution in [2.75, 3.05) is 6.54 Å². The first-order chi connectivity index (χ1) is 9.28. The first-order valence-corrected chi connectivity index (χ1v) is 6.96. The minimum absolute atomic E-state index is 0. The highest BCUT2D eigenvalue weighted by Crippen LogP contribution is 2.17. The van der Waals surface area contributed by atoms with Gasteiger partial charge in [0.1, 0.15) is 0 Å². The number of hydrogen-bond acceptors (Lipinski definition) is 1. The number of halogens is 1. The van der Waals surface area contributed by atoms with Gasteiger partial charge in [-0.2, -0.15) is 4.57 Å². The minimum atomic E-state index is 0. The normalized spacial score (nSPS) is 14.7. The van der Waals surface area contributed by atoms with Gasteiger partial charge in [-0.3, -0.25) is 9.69 Å². The zero-order chi connectivity index (χ0) is 13.2. The molecule has 3 rings (SSSR count). The van der Waals surface area contributed by atoms with Crippen LogP contribution in [0.1, 0.15) is 25.3 Å². The predicted molar refractivity (Wildman–Crippen MR) is 74.5 cm³/mol. The lowest BCUT2D eigenvalue weighted by Gasteiger charge is -2.12. The molecule has 2 heterocycles. The lowest BCUT2D eigenvalue weighted by molar-refractivity contribution is -0.711. The number of fused-ring (bicyclic) bond motifs is 1. The fourth-order valence-electron chi connectivity index (χ4n) is 2.80. The smallest absolute Gasteiger partial charge is 0.227 e. The second kappa shape index (κ2) is 6.23. The van der Waals surface area contributed by atoms with Gasteiger partial charge < -0.3 is 12.4 Å². The monoisotopic (exact) mass is 290 g/mol. The van der Waals surface area contributed by atoms with E-state index in [1.165, 1.54) is 16.3 Å². The van der Waals surface area contributed by atoms with Gasteiger partial charge in [-0.1, -0.05) is 25.1 Å². The number of hydrogen-bond donors (Lipinski definition) is 0. The molecule has 0 atom stereocenters. The van der Waals surface area contributed by atoms with Gasteiger partial charge in [-0.05, 0) is 24.3 Å². The van der Waals surface area contributed by atoms with Crippen LogP contribution in [0.2, 0.25) is 0 Å². The third kappa shape index (κ3) is 2.78. The quantitative estimate of drug-likeness (QED) is 0.684. The molecule has 2 aromatic rings. The molecule has 1 aliphatic heterocycles. The van der Waals surface area contributed by atoms with E-state index in [1.54, 1.807) is 0 Å². The molecule has 1 saturated heterocycles. The summed E-state index contributed by atoms with van der Waals surface area (Å²) in [5, 5.41) is 2.56. The van der Waals surface area contributed by atoms with Gasteiger partial charge in [0.15, 0.2) is 12.4 Å². The van der Waals surface area contributed by atoms with Crippen LogP contribution in [0, 0.1) is 0 Å². The number of pyridine rings is 1. The maximum Gasteiger partial charge on any atom is 0.227 e. The average Bonchev–Trinajstić information content (AvgIpc) is 2.83. The van der Waals surface area contributed by atoms with Gasteiger partial charge in [0, 0.05) is 23.9 Å². The van der Waals surface area contributed by atoms with Crippen LogP contribution in [0.4, 0.5) is 0 Å². The molecule has 4 heteroatoms. The summed E-state index contributed by atoms with van der Waals surface area (Å²) in [5.41, 5.74) is 1.34. The van der Waals surface area contributed by atoms with Crippen LogP contribution in [-0.4, -0.2) is 17.4 Å². The van der Waals surface area contributed by atoms with E-state index < -0.39 is 0 Å². The maximum atomic E-state index is 11.7. The fraction of sp³-hybridized carbons (Fsp3) is 0.375. The van der Waals surface area contributed by atoms with Crippen molar-refractivity contribution in [3.8, 4) is 0 Å². The van der Waals surface area contributed by atoms with Gasteiger partial charge in [-0.15, -0.1) is 0 Å². The SMILES string of the molecule is CCc1c[n+](CN2CCCC2=O)cc2ccccc12.[Cl-]. The predicted octanol–water partition coefficient (Wildman–Crippen LogP) is -0.726. The Balaban J connectivity index is 0.00000147. The number of carbonyl (C=O) groups excluding carboxylic acids is 1. The Hall–Kier alpha value is -1.61. The number of aryl methyl sites for hydroxylation is 1. The number of benzene rings is 1. The molecule has 0 aliphatic carbocycles. The summed E-state index contributed by atoms with van der Waals surface area (Å²) in [6, 6.07) is 8.44. The number of rotatable bonds is 3. The Kier molecular flexibility index (Phi) is 4.61. The Morgan fingerprint density at radius 2 is 2.05 bits per heavy atom. The molecule has 1 aromatic heterocycles. The highest BCUT2D eigenvalue weighted by molar-refractivity contribution is 5.83. The van der Waals surface area contributed by atoms with Crippen LogP contribution in [0.25, 0.3) is 10.8 Å². The molecule has 0 N–H and O–H groups in total. The van der Waals surface area contributed by atoms with Crippen LogP contribution < -0.4 is 17.0 Å². The van der Waals surface area contributed by atoms with Crippen LogP contribution in [0.5, 0.6) is 0 Å². The summed E-state index contributed by atoms with van der Waals surface area (Å²) in [6.45, 7) is 3.74. The maximum absolute atomic E-state index is 11.7. The van der Waals surface area contributed by atoms with Crippen molar-refractivity contribution in [3.63, 3.8) is 0 Å². The van der Waals surface area contributed by atoms with Crippen molar-refractivity contribution in [1.29, 1.82) is 0 Å². The summed E-state index contributed by atoms with van der Waals surface area (Å²) < 4.78 is 2.14. The van der Waals surface area contributed by atoms with E-state index in [-0.39, 0.29) is 18.3 Å². The number of amides is 1. The Morgan fingerprint density at radius 1 is 1.25 bits per heavy atom. The second-order valence-electron chi connectivity index (χ2n) is 5.14. The lowest BCUT2D eigenvalue weighted by atomic mass is 10.1. The molecule has 1 fully saturated rings. The first-order valence-electron chi connectivity index (χ1n) is 6.96. The van der Waals surface area contributed by atoms with Crippen molar-refractivity contribution >= 4 is 16.7 Å². The molecular formula is C16H19ClN2O. The number of nitrogens with zero attached hydrogens (tertiary/aromatic N) is 2. The van der Waals surface area contributed by atoms with E-state index >= 15 is 0 Å². The zero-order valence-electron chi connectivity index (χ0n) is 11.7. The molecule has 0 spiro atoms. The molecule has 0 unspecified atom stereocenters. The summed E-state index contributed by atoms with van der Waals surface area (Å²) in [5.74, 6) is 0.277. The highest BCUT2D eigenvalue weighted by atomic mass is 35.5. The van der Waals surface area contributed by atoms with Gasteiger partial charge in [0.05, 0.1) is 0 Å². The topological polar surface area (TPSA) is 24.2 Å². The molecule has 1 aliphatic rings. The van der Waals surface area contributed by atoms with E-state index in [2.05, 4.69) is 48.1 Å². The molecule has 106 valence electrons. The standard InChI is InChI=1S/C16H19N2O.ClH/c1-2-13-10-17(12-18-9-5-8-16(18)19)11-14-6-3-4-7-15(13)14;/h3-4,6-7,10-11H,2,5,8-9,12H2,1H3;1H/q+1;/p-1. The Bertz CT molecular complexity index is 627. The van der Waals surface area contributed by atoms with E-state index in [9.17, 15) is 4.79 Å². The van der Waals surface area contributed by atoms with Crippen molar-refractivity contribution < 1.29 is 21.8 Å². The van der Waals surface area contributed by atoms with Gasteiger partial charge in [-0.25, -0.2) is 0 Å². The Morgan fingerprint density at radius 3 is 2.75 bits per heavy atom. The molecule has 3 nitrogen and oxygen atoms in total. The van der Waals surface area contributed by atoms with Crippen molar-refractivity contribution in [2.24, 2.45) is 0 Å². The minimum Gasteiger partial charge on any atom is -1.00 e. The largest absolute Gasteiger partial charge is 1.00 e. The molecule has 1 amide bonds. The van der Waals surface area contributed by atoms with Crippen LogP contribution in [-0.2, 0) is 17.9 Å². The van der Waals surface area contributed by atoms with Gasteiger partial charge >= 0.3 is 0 Å². The molecular weight excluding hydrogens is 272 g/mol. The second-order valence-corrected chi connectivity index (χ2v) is 5.14. The molecule has 20 heavy (non-hydrogen) atoms. The van der Waals surface area contributed by atoms with Crippen LogP contribution in [0.15, 0.2) is 36.7 Å². The van der Waals surface area contributed by atoms with Crippen molar-refractivity contribution in [1.82, 2.24) is 4.90 Å². The van der Waals surface area contributed by atoms with Crippen LogP contribution >= 0.6 is 0 Å². The third-order valence-corrected chi connectivity index (χ3v) is 3.82. The zero-order valence-corrected chi connectivity index (χ0v) is 12.4. The first kappa shape index (κ1) is 14.8. The molecule has 1 aromatic carbocycles. The summed E-state index contributed by atoms with van der Waals surface area (Å²) >= 11 is 0. The molecule has 0 saturated carbocycles. The fourth-order valence-corrected chi connectivity index (χ4v) is 2.80. The van der Waals surface area contributed by atoms with Crippen molar-refractivity contribution in [3.05, 3.63) is 42.2 Å². The van der Waals surface area contributed by atoms with Crippen LogP contribution in [0.3, 0.4) is 0 Å². The Labute approximate surface area is 125 Å². The summed E-state index contributed by atoms with van der Waals surface area (Å²) in [7, 11) is 0. The van der Waals surface area contributed by atoms with Gasteiger partial charge in [0.2, 0.25) is 12.6 Å². The summed E-state index contributed by atoms with van der Waals surface area (Å²) in [6.07, 6.45) is 7.02. The van der Waals surface area contributed by atoms with E-state index in [4.69, 9.17) is 0 Å². The van der Waals surface area contributed by atoms with Crippen molar-refractivity contribution in [2.45, 2.75) is 32.9 Å². The van der Waals surface area contributed by atoms with Gasteiger partial charge in [0.25, 0.3) is 0 Å².